The molecule has 0 fully saturated rings. The van der Waals surface area contributed by atoms with Crippen LogP contribution in [0.15, 0.2) is 21.7 Å². The Labute approximate surface area is 134 Å². The highest BCUT2D eigenvalue weighted by molar-refractivity contribution is 5.53. The normalized spacial score (nSPS) is 10.5. The van der Waals surface area contributed by atoms with Gasteiger partial charge in [-0.3, -0.25) is 13.9 Å². The SMILES string of the molecule is CN(Cc1cc(F)c(F)c(F)c1)c1c(C#N)c(=O)n(C)c(=O)n1C. The fourth-order valence-electron chi connectivity index (χ4n) is 2.43. The molecule has 6 nitrogen and oxygen atoms in total. The van der Waals surface area contributed by atoms with Gasteiger partial charge in [0.05, 0.1) is 0 Å². The van der Waals surface area contributed by atoms with Crippen LogP contribution < -0.4 is 16.1 Å². The molecular weight excluding hydrogens is 325 g/mol. The number of benzene rings is 1. The molecule has 126 valence electrons. The van der Waals surface area contributed by atoms with Crippen molar-refractivity contribution in [1.82, 2.24) is 9.13 Å². The van der Waals surface area contributed by atoms with Gasteiger partial charge >= 0.3 is 5.69 Å². The van der Waals surface area contributed by atoms with Gasteiger partial charge in [0, 0.05) is 27.7 Å². The maximum atomic E-state index is 13.3. The van der Waals surface area contributed by atoms with E-state index in [9.17, 15) is 28.0 Å². The van der Waals surface area contributed by atoms with E-state index in [2.05, 4.69) is 0 Å². The Balaban J connectivity index is 2.56. The molecule has 0 N–H and O–H groups in total. The van der Waals surface area contributed by atoms with Crippen molar-refractivity contribution in [2.75, 3.05) is 11.9 Å². The van der Waals surface area contributed by atoms with Crippen molar-refractivity contribution in [3.63, 3.8) is 0 Å². The zero-order valence-electron chi connectivity index (χ0n) is 13.1. The summed E-state index contributed by atoms with van der Waals surface area (Å²) in [6, 6.07) is 3.34. The lowest BCUT2D eigenvalue weighted by atomic mass is 10.2. The molecule has 2 aromatic rings. The minimum atomic E-state index is -1.58. The fourth-order valence-corrected chi connectivity index (χ4v) is 2.43. The van der Waals surface area contributed by atoms with Gasteiger partial charge in [-0.25, -0.2) is 18.0 Å². The quantitative estimate of drug-likeness (QED) is 0.783. The number of halogens is 3. The maximum absolute atomic E-state index is 13.3. The zero-order chi connectivity index (χ0) is 18.2. The molecule has 0 aliphatic rings. The summed E-state index contributed by atoms with van der Waals surface area (Å²) in [6.45, 7) is -0.150. The van der Waals surface area contributed by atoms with Gasteiger partial charge in [0.15, 0.2) is 23.0 Å². The fraction of sp³-hybridized carbons (Fsp3) is 0.267. The molecule has 0 saturated heterocycles. The molecule has 2 rings (SSSR count). The Hall–Kier alpha value is -3.02. The molecule has 0 aliphatic carbocycles. The molecule has 1 heterocycles. The van der Waals surface area contributed by atoms with Crippen LogP contribution in [-0.4, -0.2) is 16.2 Å². The number of nitrogens with zero attached hydrogens (tertiary/aromatic N) is 4. The van der Waals surface area contributed by atoms with Gasteiger partial charge in [-0.2, -0.15) is 5.26 Å². The first-order valence-electron chi connectivity index (χ1n) is 6.73. The summed E-state index contributed by atoms with van der Waals surface area (Å²) in [5, 5.41) is 9.20. The molecule has 1 aromatic heterocycles. The highest BCUT2D eigenvalue weighted by Crippen LogP contribution is 2.19. The van der Waals surface area contributed by atoms with Crippen LogP contribution in [0.3, 0.4) is 0 Å². The molecular formula is C15H13F3N4O2. The van der Waals surface area contributed by atoms with Crippen LogP contribution in [0.1, 0.15) is 11.1 Å². The van der Waals surface area contributed by atoms with E-state index in [4.69, 9.17) is 0 Å². The van der Waals surface area contributed by atoms with Gasteiger partial charge in [0.2, 0.25) is 0 Å². The smallest absolute Gasteiger partial charge is 0.332 e. The molecule has 9 heteroatoms. The lowest BCUT2D eigenvalue weighted by Crippen LogP contribution is -2.41. The van der Waals surface area contributed by atoms with E-state index in [0.29, 0.717) is 0 Å². The molecule has 0 atom stereocenters. The predicted molar refractivity (Wildman–Crippen MR) is 80.1 cm³/mol. The molecule has 0 spiro atoms. The topological polar surface area (TPSA) is 71.0 Å². The lowest BCUT2D eigenvalue weighted by molar-refractivity contribution is 0.445. The second-order valence-corrected chi connectivity index (χ2v) is 5.25. The van der Waals surface area contributed by atoms with E-state index in [1.165, 1.54) is 26.0 Å². The van der Waals surface area contributed by atoms with Crippen LogP contribution in [0.5, 0.6) is 0 Å². The third kappa shape index (κ3) is 2.78. The number of anilines is 1. The van der Waals surface area contributed by atoms with Gasteiger partial charge in [-0.05, 0) is 17.7 Å². The van der Waals surface area contributed by atoms with Gasteiger partial charge < -0.3 is 4.90 Å². The Kier molecular flexibility index (Phi) is 4.50. The first-order valence-corrected chi connectivity index (χ1v) is 6.73. The second kappa shape index (κ2) is 6.23. The largest absolute Gasteiger partial charge is 0.355 e. The number of hydrogen-bond acceptors (Lipinski definition) is 4. The summed E-state index contributed by atoms with van der Waals surface area (Å²) in [7, 11) is 4.04. The molecule has 0 radical (unpaired) electrons. The van der Waals surface area contributed by atoms with E-state index in [1.54, 1.807) is 6.07 Å². The van der Waals surface area contributed by atoms with Crippen molar-refractivity contribution in [3.8, 4) is 6.07 Å². The van der Waals surface area contributed by atoms with Gasteiger partial charge in [-0.1, -0.05) is 0 Å². The van der Waals surface area contributed by atoms with Crippen molar-refractivity contribution in [2.45, 2.75) is 6.54 Å². The third-order valence-corrected chi connectivity index (χ3v) is 3.57. The average Bonchev–Trinajstić information content (AvgIpc) is 2.53. The lowest BCUT2D eigenvalue weighted by Gasteiger charge is -2.23. The summed E-state index contributed by atoms with van der Waals surface area (Å²) < 4.78 is 41.5. The predicted octanol–water partition coefficient (Wildman–Crippen LogP) is 1.01. The number of rotatable bonds is 3. The van der Waals surface area contributed by atoms with Gasteiger partial charge in [-0.15, -0.1) is 0 Å². The van der Waals surface area contributed by atoms with E-state index in [-0.39, 0.29) is 23.5 Å². The zero-order valence-corrected chi connectivity index (χ0v) is 13.1. The van der Waals surface area contributed by atoms with Crippen molar-refractivity contribution in [2.24, 2.45) is 14.1 Å². The highest BCUT2D eigenvalue weighted by atomic mass is 19.2. The molecule has 0 bridgehead atoms. The summed E-state index contributed by atoms with van der Waals surface area (Å²) >= 11 is 0. The minimum Gasteiger partial charge on any atom is -0.355 e. The molecule has 0 aliphatic heterocycles. The molecule has 1 aromatic carbocycles. The summed E-state index contributed by atoms with van der Waals surface area (Å²) in [5.74, 6) is -4.29. The van der Waals surface area contributed by atoms with E-state index in [1.807, 2.05) is 0 Å². The van der Waals surface area contributed by atoms with Crippen LogP contribution in [-0.2, 0) is 20.6 Å². The third-order valence-electron chi connectivity index (χ3n) is 3.57. The van der Waals surface area contributed by atoms with Crippen molar-refractivity contribution in [1.29, 1.82) is 5.26 Å². The Morgan fingerprint density at radius 2 is 1.67 bits per heavy atom. The minimum absolute atomic E-state index is 0.00394. The monoisotopic (exact) mass is 338 g/mol. The Morgan fingerprint density at radius 3 is 2.17 bits per heavy atom. The number of hydrogen-bond donors (Lipinski definition) is 0. The van der Waals surface area contributed by atoms with Crippen LogP contribution >= 0.6 is 0 Å². The molecule has 0 unspecified atom stereocenters. The van der Waals surface area contributed by atoms with Gasteiger partial charge in [0.1, 0.15) is 11.9 Å². The van der Waals surface area contributed by atoms with Crippen molar-refractivity contribution < 1.29 is 13.2 Å². The van der Waals surface area contributed by atoms with Crippen molar-refractivity contribution >= 4 is 5.82 Å². The van der Waals surface area contributed by atoms with Crippen LogP contribution in [0.4, 0.5) is 19.0 Å². The van der Waals surface area contributed by atoms with E-state index >= 15 is 0 Å². The molecule has 0 amide bonds. The number of aromatic nitrogens is 2. The summed E-state index contributed by atoms with van der Waals surface area (Å²) in [4.78, 5) is 25.4. The van der Waals surface area contributed by atoms with Crippen LogP contribution in [0.25, 0.3) is 0 Å². The molecule has 24 heavy (non-hydrogen) atoms. The standard InChI is InChI=1S/C15H13F3N4O2/c1-20(7-8-4-10(16)12(18)11(17)5-8)13-9(6-19)14(23)22(3)15(24)21(13)2/h4-5H,7H2,1-3H3. The van der Waals surface area contributed by atoms with Gasteiger partial charge in [0.25, 0.3) is 5.56 Å². The van der Waals surface area contributed by atoms with E-state index in [0.717, 1.165) is 21.3 Å². The maximum Gasteiger partial charge on any atom is 0.332 e. The Bertz CT molecular complexity index is 949. The van der Waals surface area contributed by atoms with Crippen LogP contribution in [0, 0.1) is 28.8 Å². The highest BCUT2D eigenvalue weighted by Gasteiger charge is 2.20. The van der Waals surface area contributed by atoms with Crippen molar-refractivity contribution in [3.05, 3.63) is 61.5 Å². The average molecular weight is 338 g/mol. The first kappa shape index (κ1) is 17.3. The molecule has 0 saturated carbocycles. The first-order chi connectivity index (χ1) is 11.2. The van der Waals surface area contributed by atoms with E-state index < -0.39 is 28.7 Å². The summed E-state index contributed by atoms with van der Waals surface area (Å²) in [5.41, 5.74) is -1.65. The second-order valence-electron chi connectivity index (χ2n) is 5.25. The Morgan fingerprint density at radius 1 is 1.12 bits per heavy atom. The number of nitriles is 1. The van der Waals surface area contributed by atoms with Crippen LogP contribution in [0.2, 0.25) is 0 Å². The summed E-state index contributed by atoms with van der Waals surface area (Å²) in [6.07, 6.45) is 0.